The van der Waals surface area contributed by atoms with E-state index in [-0.39, 0.29) is 11.7 Å². The summed E-state index contributed by atoms with van der Waals surface area (Å²) in [6, 6.07) is 16.5. The molecule has 1 fully saturated rings. The van der Waals surface area contributed by atoms with E-state index in [1.807, 2.05) is 42.5 Å². The summed E-state index contributed by atoms with van der Waals surface area (Å²) >= 11 is 0. The molecule has 132 valence electrons. The molecule has 0 aliphatic carbocycles. The minimum atomic E-state index is -0.137. The molecule has 1 heterocycles. The van der Waals surface area contributed by atoms with E-state index in [1.165, 1.54) is 6.07 Å². The molecule has 2 aromatic rings. The van der Waals surface area contributed by atoms with Gasteiger partial charge in [-0.3, -0.25) is 9.69 Å². The molecule has 0 bridgehead atoms. The Hall–Kier alpha value is -2.24. The van der Waals surface area contributed by atoms with E-state index >= 15 is 0 Å². The van der Waals surface area contributed by atoms with Gasteiger partial charge in [0.2, 0.25) is 5.91 Å². The highest BCUT2D eigenvalue weighted by atomic mass is 19.1. The summed E-state index contributed by atoms with van der Waals surface area (Å²) in [5.74, 6) is -0.0949. The van der Waals surface area contributed by atoms with Crippen molar-refractivity contribution in [2.75, 3.05) is 38.0 Å². The highest BCUT2D eigenvalue weighted by molar-refractivity contribution is 5.90. The van der Waals surface area contributed by atoms with Crippen molar-refractivity contribution >= 4 is 11.6 Å². The van der Waals surface area contributed by atoms with Gasteiger partial charge in [0.1, 0.15) is 5.82 Å². The summed E-state index contributed by atoms with van der Waals surface area (Å²) in [6.45, 7) is 5.02. The second kappa shape index (κ2) is 8.74. The van der Waals surface area contributed by atoms with E-state index in [9.17, 15) is 9.18 Å². The van der Waals surface area contributed by atoms with Gasteiger partial charge in [-0.15, -0.1) is 0 Å². The number of nitrogens with one attached hydrogen (secondary N) is 1. The molecule has 0 saturated carbocycles. The zero-order valence-electron chi connectivity index (χ0n) is 14.3. The largest absolute Gasteiger partial charge is 0.326 e. The Morgan fingerprint density at radius 1 is 0.920 bits per heavy atom. The number of benzene rings is 2. The molecule has 4 nitrogen and oxygen atoms in total. The molecule has 1 saturated heterocycles. The zero-order valence-corrected chi connectivity index (χ0v) is 14.3. The lowest BCUT2D eigenvalue weighted by molar-refractivity contribution is -0.116. The van der Waals surface area contributed by atoms with Crippen molar-refractivity contribution in [3.05, 3.63) is 66.0 Å². The predicted octanol–water partition coefficient (Wildman–Crippen LogP) is 2.97. The van der Waals surface area contributed by atoms with Crippen molar-refractivity contribution in [1.82, 2.24) is 9.80 Å². The number of carbonyl (C=O) groups excluding carboxylic acids is 1. The van der Waals surface area contributed by atoms with Crippen LogP contribution in [0.4, 0.5) is 10.1 Å². The molecule has 5 heteroatoms. The van der Waals surface area contributed by atoms with Crippen molar-refractivity contribution < 1.29 is 9.18 Å². The van der Waals surface area contributed by atoms with Crippen molar-refractivity contribution in [2.24, 2.45) is 0 Å². The van der Waals surface area contributed by atoms with Crippen LogP contribution < -0.4 is 5.32 Å². The number of nitrogens with zero attached hydrogens (tertiary/aromatic N) is 2. The minimum absolute atomic E-state index is 0.0417. The fourth-order valence-electron chi connectivity index (χ4n) is 3.04. The van der Waals surface area contributed by atoms with Crippen molar-refractivity contribution in [2.45, 2.75) is 13.0 Å². The van der Waals surface area contributed by atoms with E-state index in [0.29, 0.717) is 13.0 Å². The molecule has 1 N–H and O–H groups in total. The fraction of sp³-hybridized carbons (Fsp3) is 0.350. The van der Waals surface area contributed by atoms with E-state index in [0.717, 1.165) is 44.0 Å². The second-order valence-electron chi connectivity index (χ2n) is 6.37. The van der Waals surface area contributed by atoms with Crippen LogP contribution in [0.1, 0.15) is 12.0 Å². The Morgan fingerprint density at radius 3 is 2.28 bits per heavy atom. The molecular formula is C20H24FN3O. The topological polar surface area (TPSA) is 35.6 Å². The minimum Gasteiger partial charge on any atom is -0.326 e. The third-order valence-corrected chi connectivity index (χ3v) is 4.53. The van der Waals surface area contributed by atoms with Gasteiger partial charge in [0.15, 0.2) is 0 Å². The van der Waals surface area contributed by atoms with Gasteiger partial charge in [0.25, 0.3) is 0 Å². The van der Waals surface area contributed by atoms with Crippen LogP contribution in [-0.4, -0.2) is 48.4 Å². The maximum atomic E-state index is 13.7. The smallest absolute Gasteiger partial charge is 0.225 e. The van der Waals surface area contributed by atoms with Gasteiger partial charge in [-0.2, -0.15) is 0 Å². The molecule has 0 radical (unpaired) electrons. The van der Waals surface area contributed by atoms with Gasteiger partial charge in [0, 0.05) is 56.9 Å². The Balaban J connectivity index is 1.38. The van der Waals surface area contributed by atoms with Gasteiger partial charge >= 0.3 is 0 Å². The molecular weight excluding hydrogens is 317 g/mol. The standard InChI is InChI=1S/C20H24FN3O/c21-19-9-5-4-6-17(19)16-24-14-12-23(13-15-24)11-10-20(25)22-18-7-2-1-3-8-18/h1-9H,10-16H2,(H,22,25). The number of para-hydroxylation sites is 1. The van der Waals surface area contributed by atoms with Gasteiger partial charge < -0.3 is 10.2 Å². The SMILES string of the molecule is O=C(CCN1CCN(Cc2ccccc2F)CC1)Nc1ccccc1. The van der Waals surface area contributed by atoms with E-state index in [1.54, 1.807) is 6.07 Å². The number of piperazine rings is 1. The third-order valence-electron chi connectivity index (χ3n) is 4.53. The van der Waals surface area contributed by atoms with Crippen LogP contribution in [0.25, 0.3) is 0 Å². The number of halogens is 1. The quantitative estimate of drug-likeness (QED) is 0.877. The number of hydrogen-bond donors (Lipinski definition) is 1. The van der Waals surface area contributed by atoms with Gasteiger partial charge in [-0.25, -0.2) is 4.39 Å². The Morgan fingerprint density at radius 2 is 1.56 bits per heavy atom. The van der Waals surface area contributed by atoms with Crippen LogP contribution >= 0.6 is 0 Å². The average Bonchev–Trinajstić information content (AvgIpc) is 2.64. The Bertz CT molecular complexity index is 684. The van der Waals surface area contributed by atoms with Crippen molar-refractivity contribution in [1.29, 1.82) is 0 Å². The molecule has 0 unspecified atom stereocenters. The first-order valence-corrected chi connectivity index (χ1v) is 8.74. The van der Waals surface area contributed by atoms with E-state index in [2.05, 4.69) is 15.1 Å². The van der Waals surface area contributed by atoms with E-state index in [4.69, 9.17) is 0 Å². The molecule has 0 spiro atoms. The molecule has 1 aliphatic rings. The van der Waals surface area contributed by atoms with Crippen LogP contribution in [0.5, 0.6) is 0 Å². The van der Waals surface area contributed by atoms with Crippen molar-refractivity contribution in [3.63, 3.8) is 0 Å². The lowest BCUT2D eigenvalue weighted by Crippen LogP contribution is -2.46. The molecule has 0 atom stereocenters. The van der Waals surface area contributed by atoms with Gasteiger partial charge in [0.05, 0.1) is 0 Å². The molecule has 3 rings (SSSR count). The normalized spacial score (nSPS) is 15.9. The average molecular weight is 341 g/mol. The van der Waals surface area contributed by atoms with Crippen LogP contribution in [0.3, 0.4) is 0 Å². The predicted molar refractivity (Wildman–Crippen MR) is 97.8 cm³/mol. The number of rotatable bonds is 6. The van der Waals surface area contributed by atoms with Crippen LogP contribution in [-0.2, 0) is 11.3 Å². The first-order valence-electron chi connectivity index (χ1n) is 8.74. The van der Waals surface area contributed by atoms with Crippen LogP contribution in [0.2, 0.25) is 0 Å². The number of carbonyl (C=O) groups is 1. The molecule has 2 aromatic carbocycles. The number of anilines is 1. The highest BCUT2D eigenvalue weighted by Crippen LogP contribution is 2.12. The summed E-state index contributed by atoms with van der Waals surface area (Å²) in [5.41, 5.74) is 1.58. The summed E-state index contributed by atoms with van der Waals surface area (Å²) in [6.07, 6.45) is 0.488. The summed E-state index contributed by atoms with van der Waals surface area (Å²) in [7, 11) is 0. The first-order chi connectivity index (χ1) is 12.2. The molecule has 1 amide bonds. The highest BCUT2D eigenvalue weighted by Gasteiger charge is 2.18. The lowest BCUT2D eigenvalue weighted by atomic mass is 10.2. The Kier molecular flexibility index (Phi) is 6.14. The van der Waals surface area contributed by atoms with Gasteiger partial charge in [-0.1, -0.05) is 36.4 Å². The lowest BCUT2D eigenvalue weighted by Gasteiger charge is -2.34. The number of amides is 1. The summed E-state index contributed by atoms with van der Waals surface area (Å²) in [5, 5.41) is 2.91. The van der Waals surface area contributed by atoms with Crippen LogP contribution in [0.15, 0.2) is 54.6 Å². The maximum absolute atomic E-state index is 13.7. The molecule has 0 aromatic heterocycles. The Labute approximate surface area is 148 Å². The van der Waals surface area contributed by atoms with Crippen LogP contribution in [0, 0.1) is 5.82 Å². The number of hydrogen-bond acceptors (Lipinski definition) is 3. The third kappa shape index (κ3) is 5.37. The summed E-state index contributed by atoms with van der Waals surface area (Å²) < 4.78 is 13.7. The first kappa shape index (κ1) is 17.6. The second-order valence-corrected chi connectivity index (χ2v) is 6.37. The monoisotopic (exact) mass is 341 g/mol. The summed E-state index contributed by atoms with van der Waals surface area (Å²) in [4.78, 5) is 16.6. The zero-order chi connectivity index (χ0) is 17.5. The maximum Gasteiger partial charge on any atom is 0.225 e. The molecule has 25 heavy (non-hydrogen) atoms. The van der Waals surface area contributed by atoms with Crippen molar-refractivity contribution in [3.8, 4) is 0 Å². The van der Waals surface area contributed by atoms with Gasteiger partial charge in [-0.05, 0) is 18.2 Å². The fourth-order valence-corrected chi connectivity index (χ4v) is 3.04. The molecule has 1 aliphatic heterocycles. The van der Waals surface area contributed by atoms with E-state index < -0.39 is 0 Å².